The van der Waals surface area contributed by atoms with Gasteiger partial charge in [0.05, 0.1) is 0 Å². The first-order valence-corrected chi connectivity index (χ1v) is 7.16. The van der Waals surface area contributed by atoms with Crippen LogP contribution in [0.25, 0.3) is 0 Å². The molecule has 0 heterocycles. The minimum absolute atomic E-state index is 0.829. The van der Waals surface area contributed by atoms with E-state index in [1.54, 1.807) is 0 Å². The van der Waals surface area contributed by atoms with E-state index in [4.69, 9.17) is 11.6 Å². The number of aryl methyl sites for hydroxylation is 1. The molecule has 0 fully saturated rings. The fraction of sp³-hybridized carbons (Fsp3) is 0.600. The molecule has 17 heavy (non-hydrogen) atoms. The van der Waals surface area contributed by atoms with E-state index in [2.05, 4.69) is 24.4 Å². The maximum absolute atomic E-state index is 5.85. The minimum Gasteiger partial charge on any atom is -0.317 e. The van der Waals surface area contributed by atoms with Crippen molar-refractivity contribution in [2.75, 3.05) is 13.1 Å². The van der Waals surface area contributed by atoms with Gasteiger partial charge in [0.25, 0.3) is 0 Å². The first kappa shape index (κ1) is 14.5. The van der Waals surface area contributed by atoms with Crippen molar-refractivity contribution < 1.29 is 0 Å². The molecule has 96 valence electrons. The molecule has 1 aromatic carbocycles. The lowest BCUT2D eigenvalue weighted by molar-refractivity contribution is 0.585. The molecule has 0 aliphatic heterocycles. The van der Waals surface area contributed by atoms with E-state index in [9.17, 15) is 0 Å². The Hall–Kier alpha value is -0.530. The largest absolute Gasteiger partial charge is 0.317 e. The summed E-state index contributed by atoms with van der Waals surface area (Å²) in [6.07, 6.45) is 7.67. The first-order valence-electron chi connectivity index (χ1n) is 6.78. The highest BCUT2D eigenvalue weighted by Gasteiger charge is 1.94. The van der Waals surface area contributed by atoms with Crippen molar-refractivity contribution in [2.45, 2.75) is 45.4 Å². The summed E-state index contributed by atoms with van der Waals surface area (Å²) in [6, 6.07) is 8.22. The van der Waals surface area contributed by atoms with Gasteiger partial charge in [-0.3, -0.25) is 0 Å². The second-order valence-electron chi connectivity index (χ2n) is 4.54. The second-order valence-corrected chi connectivity index (χ2v) is 4.98. The van der Waals surface area contributed by atoms with Crippen LogP contribution >= 0.6 is 11.6 Å². The van der Waals surface area contributed by atoms with Crippen molar-refractivity contribution in [1.82, 2.24) is 5.32 Å². The number of unbranched alkanes of at least 4 members (excludes halogenated alkanes) is 3. The summed E-state index contributed by atoms with van der Waals surface area (Å²) < 4.78 is 0. The molecule has 1 rings (SSSR count). The highest BCUT2D eigenvalue weighted by atomic mass is 35.5. The van der Waals surface area contributed by atoms with Crippen LogP contribution in [-0.4, -0.2) is 13.1 Å². The van der Waals surface area contributed by atoms with Gasteiger partial charge in [0.2, 0.25) is 0 Å². The molecule has 0 unspecified atom stereocenters. The lowest BCUT2D eigenvalue weighted by Gasteiger charge is -2.04. The predicted octanol–water partition coefficient (Wildman–Crippen LogP) is 4.44. The summed E-state index contributed by atoms with van der Waals surface area (Å²) in [5.41, 5.74) is 1.40. The van der Waals surface area contributed by atoms with Crippen LogP contribution in [0, 0.1) is 0 Å². The molecule has 0 aliphatic carbocycles. The molecule has 0 amide bonds. The molecular weight excluding hydrogens is 230 g/mol. The van der Waals surface area contributed by atoms with E-state index < -0.39 is 0 Å². The van der Waals surface area contributed by atoms with Crippen molar-refractivity contribution >= 4 is 11.6 Å². The number of nitrogens with one attached hydrogen (secondary N) is 1. The molecule has 0 spiro atoms. The molecule has 0 radical (unpaired) electrons. The van der Waals surface area contributed by atoms with Gasteiger partial charge < -0.3 is 5.32 Å². The predicted molar refractivity (Wildman–Crippen MR) is 76.8 cm³/mol. The van der Waals surface area contributed by atoms with Crippen LogP contribution in [0.2, 0.25) is 5.02 Å². The van der Waals surface area contributed by atoms with Gasteiger partial charge in [0.15, 0.2) is 0 Å². The van der Waals surface area contributed by atoms with E-state index in [-0.39, 0.29) is 0 Å². The first-order chi connectivity index (χ1) is 8.33. The van der Waals surface area contributed by atoms with Crippen LogP contribution in [0.15, 0.2) is 24.3 Å². The summed E-state index contributed by atoms with van der Waals surface area (Å²) in [4.78, 5) is 0. The Morgan fingerprint density at radius 1 is 0.941 bits per heavy atom. The lowest BCUT2D eigenvalue weighted by Crippen LogP contribution is -2.15. The highest BCUT2D eigenvalue weighted by molar-refractivity contribution is 6.30. The van der Waals surface area contributed by atoms with Crippen molar-refractivity contribution in [1.29, 1.82) is 0 Å². The molecule has 0 aliphatic rings. The Balaban J connectivity index is 1.95. The molecule has 0 bridgehead atoms. The zero-order valence-corrected chi connectivity index (χ0v) is 11.6. The normalized spacial score (nSPS) is 10.7. The summed E-state index contributed by atoms with van der Waals surface area (Å²) in [5.74, 6) is 0. The third-order valence-electron chi connectivity index (χ3n) is 2.91. The Kier molecular flexibility index (Phi) is 8.12. The van der Waals surface area contributed by atoms with Crippen molar-refractivity contribution in [3.05, 3.63) is 34.9 Å². The zero-order chi connectivity index (χ0) is 12.3. The van der Waals surface area contributed by atoms with E-state index in [1.165, 1.54) is 50.6 Å². The van der Waals surface area contributed by atoms with Crippen molar-refractivity contribution in [3.8, 4) is 0 Å². The van der Waals surface area contributed by atoms with Gasteiger partial charge in [0, 0.05) is 5.02 Å². The van der Waals surface area contributed by atoms with Gasteiger partial charge in [-0.15, -0.1) is 0 Å². The van der Waals surface area contributed by atoms with E-state index >= 15 is 0 Å². The Morgan fingerprint density at radius 3 is 2.35 bits per heavy atom. The summed E-state index contributed by atoms with van der Waals surface area (Å²) in [7, 11) is 0. The van der Waals surface area contributed by atoms with Crippen LogP contribution in [0.4, 0.5) is 0 Å². The average Bonchev–Trinajstić information content (AvgIpc) is 2.35. The van der Waals surface area contributed by atoms with Crippen LogP contribution < -0.4 is 5.32 Å². The number of hydrogen-bond acceptors (Lipinski definition) is 1. The maximum Gasteiger partial charge on any atom is 0.0406 e. The third kappa shape index (κ3) is 7.40. The van der Waals surface area contributed by atoms with E-state index in [1.807, 2.05) is 12.1 Å². The van der Waals surface area contributed by atoms with Crippen LogP contribution in [0.3, 0.4) is 0 Å². The van der Waals surface area contributed by atoms with Crippen LogP contribution in [0.1, 0.15) is 44.6 Å². The van der Waals surface area contributed by atoms with Gasteiger partial charge in [-0.2, -0.15) is 0 Å². The average molecular weight is 254 g/mol. The number of rotatable bonds is 9. The number of halogens is 1. The molecule has 1 nitrogen and oxygen atoms in total. The van der Waals surface area contributed by atoms with Gasteiger partial charge in [0.1, 0.15) is 0 Å². The van der Waals surface area contributed by atoms with Crippen LogP contribution in [-0.2, 0) is 6.42 Å². The Labute approximate surface area is 111 Å². The van der Waals surface area contributed by atoms with E-state index in [0.29, 0.717) is 0 Å². The fourth-order valence-corrected chi connectivity index (χ4v) is 2.01. The molecule has 1 aromatic rings. The fourth-order valence-electron chi connectivity index (χ4n) is 1.89. The van der Waals surface area contributed by atoms with E-state index in [0.717, 1.165) is 11.6 Å². The van der Waals surface area contributed by atoms with Crippen LogP contribution in [0.5, 0.6) is 0 Å². The maximum atomic E-state index is 5.85. The molecule has 2 heteroatoms. The summed E-state index contributed by atoms with van der Waals surface area (Å²) >= 11 is 5.85. The van der Waals surface area contributed by atoms with Gasteiger partial charge in [-0.05, 0) is 56.5 Å². The monoisotopic (exact) mass is 253 g/mol. The SMILES string of the molecule is CCCNCCCCCCc1ccc(Cl)cc1. The molecule has 0 aromatic heterocycles. The Morgan fingerprint density at radius 2 is 1.65 bits per heavy atom. The van der Waals surface area contributed by atoms with Gasteiger partial charge in [-0.25, -0.2) is 0 Å². The lowest BCUT2D eigenvalue weighted by atomic mass is 10.1. The molecular formula is C15H24ClN. The standard InChI is InChI=1S/C15H24ClN/c1-2-12-17-13-6-4-3-5-7-14-8-10-15(16)11-9-14/h8-11,17H,2-7,12-13H2,1H3. The second kappa shape index (κ2) is 9.49. The molecule has 0 saturated heterocycles. The minimum atomic E-state index is 0.829. The molecule has 0 saturated carbocycles. The number of hydrogen-bond donors (Lipinski definition) is 1. The summed E-state index contributed by atoms with van der Waals surface area (Å²) in [5, 5.41) is 4.26. The van der Waals surface area contributed by atoms with Crippen molar-refractivity contribution in [3.63, 3.8) is 0 Å². The summed E-state index contributed by atoms with van der Waals surface area (Å²) in [6.45, 7) is 4.54. The quantitative estimate of drug-likeness (QED) is 0.642. The third-order valence-corrected chi connectivity index (χ3v) is 3.16. The van der Waals surface area contributed by atoms with Crippen molar-refractivity contribution in [2.24, 2.45) is 0 Å². The molecule has 1 N–H and O–H groups in total. The van der Waals surface area contributed by atoms with Gasteiger partial charge >= 0.3 is 0 Å². The smallest absolute Gasteiger partial charge is 0.0406 e. The highest BCUT2D eigenvalue weighted by Crippen LogP contribution is 2.12. The topological polar surface area (TPSA) is 12.0 Å². The molecule has 0 atom stereocenters. The van der Waals surface area contributed by atoms with Gasteiger partial charge in [-0.1, -0.05) is 43.5 Å². The zero-order valence-electron chi connectivity index (χ0n) is 10.8. The number of benzene rings is 1. The Bertz CT molecular complexity index is 281.